The van der Waals surface area contributed by atoms with Gasteiger partial charge < -0.3 is 4.90 Å². The van der Waals surface area contributed by atoms with Crippen LogP contribution >= 0.6 is 0 Å². The monoisotopic (exact) mass is 188 g/mol. The molecule has 0 aliphatic carbocycles. The summed E-state index contributed by atoms with van der Waals surface area (Å²) in [4.78, 5) is 15.9. The first kappa shape index (κ1) is 8.59. The molecule has 5 nitrogen and oxygen atoms in total. The lowest BCUT2D eigenvalue weighted by Gasteiger charge is -2.00. The van der Waals surface area contributed by atoms with Gasteiger partial charge in [0.15, 0.2) is 0 Å². The second-order valence-corrected chi connectivity index (χ2v) is 3.03. The summed E-state index contributed by atoms with van der Waals surface area (Å²) in [5.74, 6) is 0.0393. The van der Waals surface area contributed by atoms with E-state index in [9.17, 15) is 4.79 Å². The van der Waals surface area contributed by atoms with Gasteiger partial charge in [0.1, 0.15) is 0 Å². The molecule has 0 spiro atoms. The summed E-state index contributed by atoms with van der Waals surface area (Å²) in [6.45, 7) is 1.69. The number of carbonyl (C=O) groups is 1. The van der Waals surface area contributed by atoms with Gasteiger partial charge in [-0.15, -0.1) is 0 Å². The molecule has 1 heterocycles. The van der Waals surface area contributed by atoms with Crippen LogP contribution in [0, 0.1) is 0 Å². The quantitative estimate of drug-likeness (QED) is 0.303. The fourth-order valence-electron chi connectivity index (χ4n) is 1.16. The third-order valence-electron chi connectivity index (χ3n) is 2.01. The van der Waals surface area contributed by atoms with Gasteiger partial charge in [0, 0.05) is 29.3 Å². The van der Waals surface area contributed by atoms with Crippen LogP contribution in [0.25, 0.3) is 10.4 Å². The van der Waals surface area contributed by atoms with Crippen LogP contribution in [0.3, 0.4) is 0 Å². The van der Waals surface area contributed by atoms with E-state index in [4.69, 9.17) is 5.53 Å². The topological polar surface area (TPSA) is 68.8 Å². The van der Waals surface area contributed by atoms with Crippen molar-refractivity contribution in [1.29, 1.82) is 0 Å². The summed E-state index contributed by atoms with van der Waals surface area (Å²) in [6, 6.07) is 6.61. The van der Waals surface area contributed by atoms with Crippen LogP contribution < -0.4 is 0 Å². The fourth-order valence-corrected chi connectivity index (χ4v) is 1.16. The van der Waals surface area contributed by atoms with Crippen LogP contribution in [0.1, 0.15) is 10.4 Å². The van der Waals surface area contributed by atoms with Crippen LogP contribution in [-0.4, -0.2) is 23.9 Å². The number of nitrogens with zero attached hydrogens (tertiary/aromatic N) is 4. The molecule has 0 aromatic heterocycles. The molecule has 1 aliphatic rings. The summed E-state index contributed by atoms with van der Waals surface area (Å²) in [5, 5.41) is 3.42. The standard InChI is InChI=1S/C9H8N4O/c10-12-11-8-3-1-7(2-4-8)9(14)13-5-6-13/h1-4H,5-6H2. The van der Waals surface area contributed by atoms with Gasteiger partial charge >= 0.3 is 0 Å². The molecule has 1 aromatic rings. The molecule has 70 valence electrons. The first-order chi connectivity index (χ1) is 6.81. The van der Waals surface area contributed by atoms with Crippen molar-refractivity contribution in [3.05, 3.63) is 40.3 Å². The summed E-state index contributed by atoms with van der Waals surface area (Å²) in [7, 11) is 0. The maximum Gasteiger partial charge on any atom is 0.253 e. The molecule has 0 bridgehead atoms. The van der Waals surface area contributed by atoms with Gasteiger partial charge in [-0.3, -0.25) is 4.79 Å². The number of carbonyl (C=O) groups excluding carboxylic acids is 1. The molecule has 0 N–H and O–H groups in total. The Morgan fingerprint density at radius 3 is 2.50 bits per heavy atom. The third kappa shape index (κ3) is 1.67. The lowest BCUT2D eigenvalue weighted by molar-refractivity contribution is 0.0885. The smallest absolute Gasteiger partial charge is 0.253 e. The van der Waals surface area contributed by atoms with E-state index in [2.05, 4.69) is 10.0 Å². The van der Waals surface area contributed by atoms with Crippen molar-refractivity contribution < 1.29 is 4.79 Å². The Hall–Kier alpha value is -2.00. The first-order valence-electron chi connectivity index (χ1n) is 4.26. The van der Waals surface area contributed by atoms with Gasteiger partial charge in [0.2, 0.25) is 0 Å². The SMILES string of the molecule is [N-]=[N+]=Nc1ccc(C(=O)N2CC2)cc1. The van der Waals surface area contributed by atoms with Crippen LogP contribution in [0.4, 0.5) is 5.69 Å². The highest BCUT2D eigenvalue weighted by atomic mass is 16.2. The van der Waals surface area contributed by atoms with Crippen molar-refractivity contribution in [2.45, 2.75) is 0 Å². The molecule has 0 atom stereocenters. The van der Waals surface area contributed by atoms with E-state index in [0.29, 0.717) is 11.3 Å². The molecule has 5 heteroatoms. The van der Waals surface area contributed by atoms with Crippen molar-refractivity contribution in [3.8, 4) is 0 Å². The van der Waals surface area contributed by atoms with Crippen molar-refractivity contribution in [2.75, 3.05) is 13.1 Å². The maximum absolute atomic E-state index is 11.5. The zero-order valence-electron chi connectivity index (χ0n) is 7.42. The zero-order chi connectivity index (χ0) is 9.97. The van der Waals surface area contributed by atoms with Gasteiger partial charge in [-0.25, -0.2) is 0 Å². The number of hydrogen-bond acceptors (Lipinski definition) is 2. The molecule has 0 radical (unpaired) electrons. The number of rotatable bonds is 2. The lowest BCUT2D eigenvalue weighted by atomic mass is 10.2. The Bertz CT molecular complexity index is 401. The predicted molar refractivity (Wildman–Crippen MR) is 51.2 cm³/mol. The summed E-state index contributed by atoms with van der Waals surface area (Å²) in [5.41, 5.74) is 9.34. The minimum absolute atomic E-state index is 0.0393. The van der Waals surface area contributed by atoms with Crippen molar-refractivity contribution in [3.63, 3.8) is 0 Å². The maximum atomic E-state index is 11.5. The number of hydrogen-bond donors (Lipinski definition) is 0. The van der Waals surface area contributed by atoms with Gasteiger partial charge in [0.05, 0.1) is 0 Å². The van der Waals surface area contributed by atoms with E-state index in [0.717, 1.165) is 13.1 Å². The molecule has 1 amide bonds. The van der Waals surface area contributed by atoms with Crippen molar-refractivity contribution in [1.82, 2.24) is 4.90 Å². The predicted octanol–water partition coefficient (Wildman–Crippen LogP) is 2.08. The van der Waals surface area contributed by atoms with Crippen LogP contribution in [0.5, 0.6) is 0 Å². The molecule has 1 aliphatic heterocycles. The van der Waals surface area contributed by atoms with E-state index < -0.39 is 0 Å². The van der Waals surface area contributed by atoms with Gasteiger partial charge in [0.25, 0.3) is 5.91 Å². The van der Waals surface area contributed by atoms with E-state index in [1.807, 2.05) is 0 Å². The largest absolute Gasteiger partial charge is 0.335 e. The van der Waals surface area contributed by atoms with E-state index in [-0.39, 0.29) is 5.91 Å². The molecule has 0 unspecified atom stereocenters. The summed E-state index contributed by atoms with van der Waals surface area (Å²) >= 11 is 0. The summed E-state index contributed by atoms with van der Waals surface area (Å²) < 4.78 is 0. The molecule has 1 fully saturated rings. The van der Waals surface area contributed by atoms with Crippen LogP contribution in [-0.2, 0) is 0 Å². The third-order valence-corrected chi connectivity index (χ3v) is 2.01. The Morgan fingerprint density at radius 2 is 2.00 bits per heavy atom. The average molecular weight is 188 g/mol. The Balaban J connectivity index is 2.20. The van der Waals surface area contributed by atoms with Crippen molar-refractivity contribution >= 4 is 11.6 Å². The highest BCUT2D eigenvalue weighted by molar-refractivity contribution is 5.95. The fraction of sp³-hybridized carbons (Fsp3) is 0.222. The highest BCUT2D eigenvalue weighted by Gasteiger charge is 2.24. The Labute approximate surface area is 80.6 Å². The molecule has 2 rings (SSSR count). The summed E-state index contributed by atoms with van der Waals surface area (Å²) in [6.07, 6.45) is 0. The first-order valence-corrected chi connectivity index (χ1v) is 4.26. The van der Waals surface area contributed by atoms with E-state index in [1.165, 1.54) is 0 Å². The highest BCUT2D eigenvalue weighted by Crippen LogP contribution is 2.16. The van der Waals surface area contributed by atoms with Crippen molar-refractivity contribution in [2.24, 2.45) is 5.11 Å². The van der Waals surface area contributed by atoms with Gasteiger partial charge in [-0.05, 0) is 17.7 Å². The number of benzene rings is 1. The second kappa shape index (κ2) is 3.40. The minimum Gasteiger partial charge on any atom is -0.335 e. The van der Waals surface area contributed by atoms with E-state index >= 15 is 0 Å². The molecular weight excluding hydrogens is 180 g/mol. The molecule has 14 heavy (non-hydrogen) atoms. The number of azide groups is 1. The van der Waals surface area contributed by atoms with Crippen LogP contribution in [0.2, 0.25) is 0 Å². The Morgan fingerprint density at radius 1 is 1.36 bits per heavy atom. The zero-order valence-corrected chi connectivity index (χ0v) is 7.42. The minimum atomic E-state index is 0.0393. The van der Waals surface area contributed by atoms with Crippen LogP contribution in [0.15, 0.2) is 29.4 Å². The molecule has 0 saturated carbocycles. The average Bonchev–Trinajstić information content (AvgIpc) is 3.02. The lowest BCUT2D eigenvalue weighted by Crippen LogP contribution is -2.09. The van der Waals surface area contributed by atoms with Gasteiger partial charge in [-0.1, -0.05) is 17.2 Å². The second-order valence-electron chi connectivity index (χ2n) is 3.03. The van der Waals surface area contributed by atoms with Gasteiger partial charge in [-0.2, -0.15) is 0 Å². The normalized spacial score (nSPS) is 13.3. The molecular formula is C9H8N4O. The van der Waals surface area contributed by atoms with E-state index in [1.54, 1.807) is 29.2 Å². The number of amides is 1. The molecule has 1 aromatic carbocycles. The Kier molecular flexibility index (Phi) is 2.08. The molecule has 1 saturated heterocycles.